The minimum atomic E-state index is -0.0316. The molecule has 1 aromatic heterocycles. The van der Waals surface area contributed by atoms with Crippen LogP contribution >= 0.6 is 22.9 Å². The number of hydrogen-bond acceptors (Lipinski definition) is 3. The van der Waals surface area contributed by atoms with Crippen molar-refractivity contribution in [3.8, 4) is 0 Å². The Morgan fingerprint density at radius 2 is 2.14 bits per heavy atom. The molecule has 0 aliphatic rings. The molecule has 0 spiro atoms. The number of nitrogens with one attached hydrogen (secondary N) is 1. The highest BCUT2D eigenvalue weighted by atomic mass is 35.5. The van der Waals surface area contributed by atoms with E-state index in [9.17, 15) is 9.59 Å². The van der Waals surface area contributed by atoms with Gasteiger partial charge in [0.05, 0.1) is 0 Å². The van der Waals surface area contributed by atoms with Crippen molar-refractivity contribution in [1.29, 1.82) is 0 Å². The quantitative estimate of drug-likeness (QED) is 0.888. The van der Waals surface area contributed by atoms with Gasteiger partial charge in [-0.2, -0.15) is 0 Å². The Morgan fingerprint density at radius 1 is 1.38 bits per heavy atom. The molecule has 1 N–H and O–H groups in total. The lowest BCUT2D eigenvalue weighted by Crippen LogP contribution is -2.23. The van der Waals surface area contributed by atoms with Crippen molar-refractivity contribution in [2.75, 3.05) is 0 Å². The fraction of sp³-hybridized carbons (Fsp3) is 0.333. The average Bonchev–Trinajstić information content (AvgIpc) is 2.78. The average molecular weight is 325 g/mol. The molecule has 0 radical (unpaired) electrons. The number of benzene rings is 1. The first kappa shape index (κ1) is 15.8. The summed E-state index contributed by atoms with van der Waals surface area (Å²) in [6.45, 7) is 2.90. The molecule has 0 aliphatic heterocycles. The molecule has 21 heavy (non-hydrogen) atoms. The van der Waals surface area contributed by atoms with E-state index in [1.807, 2.05) is 30.5 Å². The second kappa shape index (κ2) is 7.43. The van der Waals surface area contributed by atoms with Crippen LogP contribution in [-0.2, 0) is 17.9 Å². The van der Waals surface area contributed by atoms with Gasteiger partial charge in [-0.05, 0) is 25.0 Å². The van der Waals surface area contributed by atoms with Crippen LogP contribution in [0.5, 0.6) is 0 Å². The molecule has 1 aromatic carbocycles. The molecule has 0 saturated carbocycles. The summed E-state index contributed by atoms with van der Waals surface area (Å²) in [5, 5.41) is 5.33. The van der Waals surface area contributed by atoms with E-state index in [1.165, 1.54) is 11.3 Å². The first-order valence-corrected chi connectivity index (χ1v) is 7.98. The summed E-state index contributed by atoms with van der Waals surface area (Å²) >= 11 is 7.22. The van der Waals surface area contributed by atoms with Crippen molar-refractivity contribution < 1.29 is 4.79 Å². The maximum atomic E-state index is 11.8. The molecule has 4 nitrogen and oxygen atoms in total. The Balaban J connectivity index is 1.76. The van der Waals surface area contributed by atoms with Crippen LogP contribution in [0, 0.1) is 6.92 Å². The van der Waals surface area contributed by atoms with Crippen LogP contribution in [0.1, 0.15) is 24.1 Å². The van der Waals surface area contributed by atoms with Crippen molar-refractivity contribution in [2.24, 2.45) is 0 Å². The van der Waals surface area contributed by atoms with E-state index in [4.69, 9.17) is 11.6 Å². The van der Waals surface area contributed by atoms with Crippen LogP contribution in [0.3, 0.4) is 0 Å². The summed E-state index contributed by atoms with van der Waals surface area (Å²) in [6.07, 6.45) is 1.04. The Bertz CT molecular complexity index is 678. The van der Waals surface area contributed by atoms with Crippen molar-refractivity contribution in [3.63, 3.8) is 0 Å². The molecule has 2 rings (SSSR count). The number of rotatable bonds is 6. The fourth-order valence-corrected chi connectivity index (χ4v) is 2.96. The second-order valence-electron chi connectivity index (χ2n) is 4.77. The molecule has 0 saturated heterocycles. The van der Waals surface area contributed by atoms with Crippen LogP contribution in [0.25, 0.3) is 0 Å². The van der Waals surface area contributed by atoms with Crippen molar-refractivity contribution >= 4 is 28.8 Å². The van der Waals surface area contributed by atoms with E-state index in [1.54, 1.807) is 10.6 Å². The summed E-state index contributed by atoms with van der Waals surface area (Å²) < 4.78 is 1.70. The number of carbonyl (C=O) groups excluding carboxylic acids is 1. The second-order valence-corrected chi connectivity index (χ2v) is 5.99. The van der Waals surface area contributed by atoms with Crippen LogP contribution in [0.2, 0.25) is 5.02 Å². The molecule has 0 unspecified atom stereocenters. The number of hydrogen-bond donors (Lipinski definition) is 1. The van der Waals surface area contributed by atoms with Crippen LogP contribution < -0.4 is 10.2 Å². The first-order chi connectivity index (χ1) is 10.1. The van der Waals surface area contributed by atoms with Crippen molar-refractivity contribution in [3.05, 3.63) is 55.6 Å². The molecular formula is C15H17ClN2O2S. The van der Waals surface area contributed by atoms with Gasteiger partial charge in [-0.1, -0.05) is 41.1 Å². The van der Waals surface area contributed by atoms with Crippen LogP contribution in [0.15, 0.2) is 34.4 Å². The molecule has 0 fully saturated rings. The van der Waals surface area contributed by atoms with Gasteiger partial charge in [0.25, 0.3) is 0 Å². The molecule has 1 heterocycles. The molecule has 2 aromatic rings. The number of halogens is 1. The maximum Gasteiger partial charge on any atom is 0.307 e. The zero-order valence-electron chi connectivity index (χ0n) is 11.8. The monoisotopic (exact) mass is 324 g/mol. The number of amides is 1. The number of aromatic nitrogens is 1. The first-order valence-electron chi connectivity index (χ1n) is 6.73. The van der Waals surface area contributed by atoms with E-state index in [0.29, 0.717) is 31.0 Å². The van der Waals surface area contributed by atoms with Crippen LogP contribution in [0.4, 0.5) is 0 Å². The van der Waals surface area contributed by atoms with Gasteiger partial charge in [0.1, 0.15) is 0 Å². The minimum Gasteiger partial charge on any atom is -0.352 e. The molecular weight excluding hydrogens is 308 g/mol. The topological polar surface area (TPSA) is 51.1 Å². The van der Waals surface area contributed by atoms with Gasteiger partial charge in [0.2, 0.25) is 5.91 Å². The Morgan fingerprint density at radius 3 is 2.81 bits per heavy atom. The molecule has 6 heteroatoms. The van der Waals surface area contributed by atoms with E-state index >= 15 is 0 Å². The molecule has 0 aliphatic carbocycles. The van der Waals surface area contributed by atoms with Gasteiger partial charge in [-0.25, -0.2) is 0 Å². The zero-order valence-corrected chi connectivity index (χ0v) is 13.3. The van der Waals surface area contributed by atoms with Crippen molar-refractivity contribution in [2.45, 2.75) is 32.9 Å². The lowest BCUT2D eigenvalue weighted by Gasteiger charge is -2.07. The highest BCUT2D eigenvalue weighted by molar-refractivity contribution is 7.07. The standard InChI is InChI=1S/C15H17ClN2O2S/c1-11-10-21-15(20)18(11)8-4-7-14(19)17-9-12-5-2-3-6-13(12)16/h2-3,5-6,10H,4,7-9H2,1H3,(H,17,19). The number of thiazole rings is 1. The lowest BCUT2D eigenvalue weighted by molar-refractivity contribution is -0.121. The predicted octanol–water partition coefficient (Wildman–Crippen LogP) is 2.97. The third-order valence-corrected chi connectivity index (χ3v) is 4.45. The number of nitrogens with zero attached hydrogens (tertiary/aromatic N) is 1. The predicted molar refractivity (Wildman–Crippen MR) is 85.8 cm³/mol. The van der Waals surface area contributed by atoms with Gasteiger partial charge in [-0.3, -0.25) is 9.59 Å². The Labute approximate surface area is 132 Å². The van der Waals surface area contributed by atoms with Gasteiger partial charge in [-0.15, -0.1) is 0 Å². The fourth-order valence-electron chi connectivity index (χ4n) is 2.00. The van der Waals surface area contributed by atoms with E-state index in [0.717, 1.165) is 11.3 Å². The zero-order chi connectivity index (χ0) is 15.2. The summed E-state index contributed by atoms with van der Waals surface area (Å²) in [5.41, 5.74) is 1.85. The van der Waals surface area contributed by atoms with Gasteiger partial charge in [0, 0.05) is 35.6 Å². The van der Waals surface area contributed by atoms with Gasteiger partial charge < -0.3 is 9.88 Å². The van der Waals surface area contributed by atoms with Crippen molar-refractivity contribution in [1.82, 2.24) is 9.88 Å². The highest BCUT2D eigenvalue weighted by Crippen LogP contribution is 2.14. The Hall–Kier alpha value is -1.59. The lowest BCUT2D eigenvalue weighted by atomic mass is 10.2. The van der Waals surface area contributed by atoms with E-state index in [2.05, 4.69) is 5.32 Å². The number of carbonyl (C=O) groups is 1. The van der Waals surface area contributed by atoms with Gasteiger partial charge >= 0.3 is 4.87 Å². The summed E-state index contributed by atoms with van der Waals surface area (Å²) in [4.78, 5) is 23.3. The summed E-state index contributed by atoms with van der Waals surface area (Å²) in [5.74, 6) is -0.0316. The van der Waals surface area contributed by atoms with Gasteiger partial charge in [0.15, 0.2) is 0 Å². The molecule has 0 bridgehead atoms. The number of aryl methyl sites for hydroxylation is 1. The summed E-state index contributed by atoms with van der Waals surface area (Å²) in [6, 6.07) is 7.43. The van der Waals surface area contributed by atoms with Crippen LogP contribution in [-0.4, -0.2) is 10.5 Å². The molecule has 0 atom stereocenters. The maximum absolute atomic E-state index is 11.8. The third kappa shape index (κ3) is 4.44. The third-order valence-electron chi connectivity index (χ3n) is 3.20. The smallest absolute Gasteiger partial charge is 0.307 e. The molecule has 1 amide bonds. The Kier molecular flexibility index (Phi) is 5.59. The van der Waals surface area contributed by atoms with E-state index < -0.39 is 0 Å². The SMILES string of the molecule is Cc1csc(=O)n1CCCC(=O)NCc1ccccc1Cl. The normalized spacial score (nSPS) is 10.6. The largest absolute Gasteiger partial charge is 0.352 e. The molecule has 112 valence electrons. The summed E-state index contributed by atoms with van der Waals surface area (Å²) in [7, 11) is 0. The highest BCUT2D eigenvalue weighted by Gasteiger charge is 2.06. The minimum absolute atomic E-state index is 0.0315. The van der Waals surface area contributed by atoms with E-state index in [-0.39, 0.29) is 10.8 Å².